The first-order valence-electron chi connectivity index (χ1n) is 8.75. The molecule has 0 spiro atoms. The van der Waals surface area contributed by atoms with Crippen LogP contribution in [0.4, 0.5) is 16.2 Å². The Kier molecular flexibility index (Phi) is 4.57. The quantitative estimate of drug-likeness (QED) is 0.862. The zero-order chi connectivity index (χ0) is 17.1. The van der Waals surface area contributed by atoms with Gasteiger partial charge in [-0.1, -0.05) is 36.4 Å². The van der Waals surface area contributed by atoms with Gasteiger partial charge >= 0.3 is 6.09 Å². The van der Waals surface area contributed by atoms with Gasteiger partial charge in [0.25, 0.3) is 0 Å². The van der Waals surface area contributed by atoms with Crippen molar-refractivity contribution in [1.29, 1.82) is 0 Å². The number of anilines is 2. The van der Waals surface area contributed by atoms with Crippen molar-refractivity contribution in [2.24, 2.45) is 0 Å². The van der Waals surface area contributed by atoms with Crippen LogP contribution >= 0.6 is 0 Å². The zero-order valence-electron chi connectivity index (χ0n) is 14.2. The Balaban J connectivity index is 1.47. The number of rotatable bonds is 3. The molecule has 1 fully saturated rings. The lowest BCUT2D eigenvalue weighted by atomic mass is 10.1. The maximum atomic E-state index is 12.5. The van der Waals surface area contributed by atoms with E-state index >= 15 is 0 Å². The molecule has 0 radical (unpaired) electrons. The summed E-state index contributed by atoms with van der Waals surface area (Å²) in [6, 6.07) is 16.1. The van der Waals surface area contributed by atoms with E-state index in [9.17, 15) is 4.79 Å². The zero-order valence-corrected chi connectivity index (χ0v) is 14.2. The summed E-state index contributed by atoms with van der Waals surface area (Å²) in [6.07, 6.45) is 0.598. The second kappa shape index (κ2) is 7.15. The highest BCUT2D eigenvalue weighted by Crippen LogP contribution is 2.33. The minimum Gasteiger partial charge on any atom is -0.444 e. The van der Waals surface area contributed by atoms with Crippen molar-refractivity contribution in [3.63, 3.8) is 0 Å². The van der Waals surface area contributed by atoms with Gasteiger partial charge in [0.2, 0.25) is 0 Å². The van der Waals surface area contributed by atoms with Gasteiger partial charge in [-0.05, 0) is 29.7 Å². The van der Waals surface area contributed by atoms with Crippen LogP contribution in [-0.2, 0) is 22.5 Å². The second-order valence-corrected chi connectivity index (χ2v) is 6.35. The average molecular weight is 338 g/mol. The van der Waals surface area contributed by atoms with Crippen molar-refractivity contribution in [1.82, 2.24) is 0 Å². The first-order valence-corrected chi connectivity index (χ1v) is 8.75. The van der Waals surface area contributed by atoms with E-state index in [0.29, 0.717) is 13.2 Å². The Morgan fingerprint density at radius 3 is 2.64 bits per heavy atom. The highest BCUT2D eigenvalue weighted by molar-refractivity contribution is 5.91. The highest BCUT2D eigenvalue weighted by Gasteiger charge is 2.27. The summed E-state index contributed by atoms with van der Waals surface area (Å²) >= 11 is 0. The number of nitrogens with zero attached hydrogens (tertiary/aromatic N) is 2. The lowest BCUT2D eigenvalue weighted by molar-refractivity contribution is 0.122. The van der Waals surface area contributed by atoms with E-state index in [0.717, 1.165) is 49.7 Å². The van der Waals surface area contributed by atoms with Crippen LogP contribution in [0.1, 0.15) is 11.1 Å². The van der Waals surface area contributed by atoms with Crippen LogP contribution in [0.2, 0.25) is 0 Å². The van der Waals surface area contributed by atoms with Crippen LogP contribution in [0.15, 0.2) is 48.5 Å². The van der Waals surface area contributed by atoms with Gasteiger partial charge in [-0.3, -0.25) is 4.90 Å². The minimum absolute atomic E-state index is 0.276. The molecular formula is C20H22N2O3. The molecule has 2 aromatic rings. The van der Waals surface area contributed by atoms with Crippen molar-refractivity contribution in [2.45, 2.75) is 13.0 Å². The molecule has 0 unspecified atom stereocenters. The fraction of sp³-hybridized carbons (Fsp3) is 0.350. The van der Waals surface area contributed by atoms with E-state index in [1.807, 2.05) is 30.3 Å². The van der Waals surface area contributed by atoms with Crippen LogP contribution in [0, 0.1) is 0 Å². The molecule has 4 rings (SSSR count). The topological polar surface area (TPSA) is 42.0 Å². The van der Waals surface area contributed by atoms with Crippen molar-refractivity contribution in [2.75, 3.05) is 42.6 Å². The number of hydrogen-bond donors (Lipinski definition) is 0. The van der Waals surface area contributed by atoms with Gasteiger partial charge in [-0.2, -0.15) is 0 Å². The highest BCUT2D eigenvalue weighted by atomic mass is 16.6. The number of fused-ring (bicyclic) bond motifs is 1. The predicted molar refractivity (Wildman–Crippen MR) is 97.2 cm³/mol. The van der Waals surface area contributed by atoms with Crippen LogP contribution < -0.4 is 9.80 Å². The molecule has 5 nitrogen and oxygen atoms in total. The van der Waals surface area contributed by atoms with Gasteiger partial charge in [0, 0.05) is 25.3 Å². The Morgan fingerprint density at radius 1 is 1.04 bits per heavy atom. The van der Waals surface area contributed by atoms with Crippen LogP contribution in [0.25, 0.3) is 0 Å². The fourth-order valence-corrected chi connectivity index (χ4v) is 3.37. The molecule has 0 bridgehead atoms. The standard InChI is InChI=1S/C20H22N2O3/c23-20(25-15-16-4-2-1-3-5-16)22-9-8-17-6-7-18(14-19(17)22)21-10-12-24-13-11-21/h1-7,14H,8-13,15H2. The maximum Gasteiger partial charge on any atom is 0.414 e. The minimum atomic E-state index is -0.276. The predicted octanol–water partition coefficient (Wildman–Crippen LogP) is 3.22. The van der Waals surface area contributed by atoms with E-state index in [4.69, 9.17) is 9.47 Å². The van der Waals surface area contributed by atoms with Crippen LogP contribution in [0.3, 0.4) is 0 Å². The van der Waals surface area contributed by atoms with Gasteiger partial charge in [-0.15, -0.1) is 0 Å². The van der Waals surface area contributed by atoms with Crippen molar-refractivity contribution < 1.29 is 14.3 Å². The molecule has 2 heterocycles. The Bertz CT molecular complexity index is 742. The van der Waals surface area contributed by atoms with Crippen LogP contribution in [-0.4, -0.2) is 38.9 Å². The average Bonchev–Trinajstić information content (AvgIpc) is 3.11. The molecule has 0 atom stereocenters. The third kappa shape index (κ3) is 3.46. The van der Waals surface area contributed by atoms with Crippen molar-refractivity contribution in [3.05, 3.63) is 59.7 Å². The largest absolute Gasteiger partial charge is 0.444 e. The molecule has 1 saturated heterocycles. The fourth-order valence-electron chi connectivity index (χ4n) is 3.37. The monoisotopic (exact) mass is 338 g/mol. The summed E-state index contributed by atoms with van der Waals surface area (Å²) in [4.78, 5) is 16.6. The number of benzene rings is 2. The summed E-state index contributed by atoms with van der Waals surface area (Å²) in [5.41, 5.74) is 4.32. The van der Waals surface area contributed by atoms with E-state index < -0.39 is 0 Å². The number of amides is 1. The normalized spacial score (nSPS) is 16.6. The molecule has 130 valence electrons. The summed E-state index contributed by atoms with van der Waals surface area (Å²) in [7, 11) is 0. The number of carbonyl (C=O) groups excluding carboxylic acids is 1. The van der Waals surface area contributed by atoms with Gasteiger partial charge in [0.15, 0.2) is 0 Å². The SMILES string of the molecule is O=C(OCc1ccccc1)N1CCc2ccc(N3CCOCC3)cc21. The molecule has 1 amide bonds. The molecule has 0 saturated carbocycles. The van der Waals surface area contributed by atoms with Crippen LogP contribution in [0.5, 0.6) is 0 Å². The Hall–Kier alpha value is -2.53. The van der Waals surface area contributed by atoms with E-state index in [1.165, 1.54) is 5.56 Å². The van der Waals surface area contributed by atoms with E-state index in [2.05, 4.69) is 23.1 Å². The van der Waals surface area contributed by atoms with Gasteiger partial charge in [0.1, 0.15) is 6.61 Å². The smallest absolute Gasteiger partial charge is 0.414 e. The molecule has 0 N–H and O–H groups in total. The lowest BCUT2D eigenvalue weighted by Crippen LogP contribution is -2.36. The third-order valence-electron chi connectivity index (χ3n) is 4.77. The first kappa shape index (κ1) is 16.0. The van der Waals surface area contributed by atoms with Crippen molar-refractivity contribution in [3.8, 4) is 0 Å². The molecule has 25 heavy (non-hydrogen) atoms. The number of hydrogen-bond acceptors (Lipinski definition) is 4. The Labute approximate surface area is 147 Å². The second-order valence-electron chi connectivity index (χ2n) is 6.35. The molecule has 0 aliphatic carbocycles. The molecular weight excluding hydrogens is 316 g/mol. The number of carbonyl (C=O) groups is 1. The number of ether oxygens (including phenoxy) is 2. The van der Waals surface area contributed by atoms with Gasteiger partial charge in [-0.25, -0.2) is 4.79 Å². The summed E-state index contributed by atoms with van der Waals surface area (Å²) in [6.45, 7) is 4.25. The lowest BCUT2D eigenvalue weighted by Gasteiger charge is -2.29. The van der Waals surface area contributed by atoms with E-state index in [1.54, 1.807) is 4.90 Å². The van der Waals surface area contributed by atoms with Gasteiger partial charge < -0.3 is 14.4 Å². The van der Waals surface area contributed by atoms with Gasteiger partial charge in [0.05, 0.1) is 18.9 Å². The first-order chi connectivity index (χ1) is 12.3. The summed E-state index contributed by atoms with van der Waals surface area (Å²) in [5.74, 6) is 0. The molecule has 0 aromatic heterocycles. The van der Waals surface area contributed by atoms with Crippen molar-refractivity contribution >= 4 is 17.5 Å². The maximum absolute atomic E-state index is 12.5. The molecule has 2 aliphatic heterocycles. The summed E-state index contributed by atoms with van der Waals surface area (Å²) < 4.78 is 10.9. The molecule has 2 aromatic carbocycles. The Morgan fingerprint density at radius 2 is 1.84 bits per heavy atom. The number of morpholine rings is 1. The molecule has 2 aliphatic rings. The summed E-state index contributed by atoms with van der Waals surface area (Å²) in [5, 5.41) is 0. The van der Waals surface area contributed by atoms with E-state index in [-0.39, 0.29) is 6.09 Å². The third-order valence-corrected chi connectivity index (χ3v) is 4.77. The molecule has 5 heteroatoms.